The van der Waals surface area contributed by atoms with Crippen LogP contribution in [0.2, 0.25) is 0 Å². The summed E-state index contributed by atoms with van der Waals surface area (Å²) < 4.78 is 0. The summed E-state index contributed by atoms with van der Waals surface area (Å²) in [5.74, 6) is 1.26. The van der Waals surface area contributed by atoms with Crippen molar-refractivity contribution in [3.63, 3.8) is 0 Å². The van der Waals surface area contributed by atoms with Gasteiger partial charge in [0.1, 0.15) is 0 Å². The zero-order valence-electron chi connectivity index (χ0n) is 10.6. The molecule has 1 heterocycles. The molecule has 1 saturated carbocycles. The SMILES string of the molecule is CCCCC(=O)N1CCC[C@@H]2CCCC[C@@H]21. The third kappa shape index (κ3) is 2.58. The second-order valence-corrected chi connectivity index (χ2v) is 5.44. The van der Waals surface area contributed by atoms with Crippen LogP contribution < -0.4 is 0 Å². The smallest absolute Gasteiger partial charge is 0.222 e. The number of hydrogen-bond acceptors (Lipinski definition) is 1. The topological polar surface area (TPSA) is 20.3 Å². The minimum atomic E-state index is 0.429. The maximum Gasteiger partial charge on any atom is 0.222 e. The number of fused-ring (bicyclic) bond motifs is 1. The van der Waals surface area contributed by atoms with E-state index in [0.717, 1.165) is 31.7 Å². The first-order chi connectivity index (χ1) is 7.83. The van der Waals surface area contributed by atoms with Gasteiger partial charge in [0.2, 0.25) is 5.91 Å². The molecule has 2 rings (SSSR count). The fourth-order valence-corrected chi connectivity index (χ4v) is 3.41. The molecule has 0 aromatic rings. The lowest BCUT2D eigenvalue weighted by molar-refractivity contribution is -0.137. The van der Waals surface area contributed by atoms with Crippen LogP contribution in [0.5, 0.6) is 0 Å². The summed E-state index contributed by atoms with van der Waals surface area (Å²) in [5.41, 5.74) is 0. The third-order valence-electron chi connectivity index (χ3n) is 4.31. The second kappa shape index (κ2) is 5.70. The highest BCUT2D eigenvalue weighted by atomic mass is 16.2. The molecule has 1 amide bonds. The van der Waals surface area contributed by atoms with Crippen molar-refractivity contribution in [1.82, 2.24) is 4.90 Å². The molecule has 1 aliphatic carbocycles. The first-order valence-corrected chi connectivity index (χ1v) is 7.12. The first kappa shape index (κ1) is 11.9. The van der Waals surface area contributed by atoms with Gasteiger partial charge >= 0.3 is 0 Å². The van der Waals surface area contributed by atoms with Crippen molar-refractivity contribution in [2.45, 2.75) is 70.8 Å². The molecule has 16 heavy (non-hydrogen) atoms. The lowest BCUT2D eigenvalue weighted by Crippen LogP contribution is -2.49. The quantitative estimate of drug-likeness (QED) is 0.718. The molecule has 1 aliphatic heterocycles. The average Bonchev–Trinajstić information content (AvgIpc) is 2.35. The zero-order chi connectivity index (χ0) is 11.4. The van der Waals surface area contributed by atoms with Crippen LogP contribution in [0, 0.1) is 5.92 Å². The predicted molar refractivity (Wildman–Crippen MR) is 66.2 cm³/mol. The largest absolute Gasteiger partial charge is 0.339 e. The minimum absolute atomic E-state index is 0.429. The minimum Gasteiger partial charge on any atom is -0.339 e. The van der Waals surface area contributed by atoms with E-state index in [0.29, 0.717) is 11.9 Å². The van der Waals surface area contributed by atoms with Gasteiger partial charge in [0.05, 0.1) is 0 Å². The fourth-order valence-electron chi connectivity index (χ4n) is 3.41. The lowest BCUT2D eigenvalue weighted by Gasteiger charge is -2.44. The summed E-state index contributed by atoms with van der Waals surface area (Å²) >= 11 is 0. The molecule has 0 unspecified atom stereocenters. The molecule has 92 valence electrons. The first-order valence-electron chi connectivity index (χ1n) is 7.12. The average molecular weight is 223 g/mol. The van der Waals surface area contributed by atoms with Gasteiger partial charge in [0, 0.05) is 19.0 Å². The molecule has 2 aliphatic rings. The van der Waals surface area contributed by atoms with Crippen LogP contribution >= 0.6 is 0 Å². The third-order valence-corrected chi connectivity index (χ3v) is 4.31. The monoisotopic (exact) mass is 223 g/mol. The van der Waals surface area contributed by atoms with Gasteiger partial charge in [-0.15, -0.1) is 0 Å². The number of nitrogens with zero attached hydrogens (tertiary/aromatic N) is 1. The van der Waals surface area contributed by atoms with Gasteiger partial charge in [-0.25, -0.2) is 0 Å². The maximum atomic E-state index is 12.1. The number of carbonyl (C=O) groups excluding carboxylic acids is 1. The Bertz CT molecular complexity index is 237. The van der Waals surface area contributed by atoms with Crippen LogP contribution in [-0.2, 0) is 4.79 Å². The molecule has 0 N–H and O–H groups in total. The Morgan fingerprint density at radius 3 is 2.75 bits per heavy atom. The Morgan fingerprint density at radius 2 is 1.94 bits per heavy atom. The van der Waals surface area contributed by atoms with Gasteiger partial charge in [0.15, 0.2) is 0 Å². The number of unbranched alkanes of at least 4 members (excludes halogenated alkanes) is 1. The molecular weight excluding hydrogens is 198 g/mol. The summed E-state index contributed by atoms with van der Waals surface area (Å²) in [5, 5.41) is 0. The Balaban J connectivity index is 1.93. The molecule has 2 fully saturated rings. The molecule has 0 spiro atoms. The van der Waals surface area contributed by atoms with E-state index in [-0.39, 0.29) is 0 Å². The molecule has 2 nitrogen and oxygen atoms in total. The van der Waals surface area contributed by atoms with Gasteiger partial charge in [0.25, 0.3) is 0 Å². The summed E-state index contributed by atoms with van der Waals surface area (Å²) in [6.45, 7) is 3.19. The number of rotatable bonds is 3. The Hall–Kier alpha value is -0.530. The Kier molecular flexibility index (Phi) is 4.25. The van der Waals surface area contributed by atoms with Crippen LogP contribution in [0.3, 0.4) is 0 Å². The normalized spacial score (nSPS) is 29.9. The molecule has 2 heteroatoms. The van der Waals surface area contributed by atoms with E-state index in [2.05, 4.69) is 11.8 Å². The zero-order valence-corrected chi connectivity index (χ0v) is 10.6. The molecule has 0 radical (unpaired) electrons. The van der Waals surface area contributed by atoms with Crippen LogP contribution in [0.25, 0.3) is 0 Å². The highest BCUT2D eigenvalue weighted by Gasteiger charge is 2.35. The molecule has 0 aromatic heterocycles. The van der Waals surface area contributed by atoms with E-state index in [1.807, 2.05) is 0 Å². The van der Waals surface area contributed by atoms with Crippen molar-refractivity contribution in [2.75, 3.05) is 6.54 Å². The van der Waals surface area contributed by atoms with Crippen LogP contribution in [-0.4, -0.2) is 23.4 Å². The highest BCUT2D eigenvalue weighted by molar-refractivity contribution is 5.76. The number of piperidine rings is 1. The fraction of sp³-hybridized carbons (Fsp3) is 0.929. The van der Waals surface area contributed by atoms with Crippen LogP contribution in [0.15, 0.2) is 0 Å². The number of likely N-dealkylation sites (tertiary alicyclic amines) is 1. The number of carbonyl (C=O) groups is 1. The molecule has 0 aromatic carbocycles. The summed E-state index contributed by atoms with van der Waals surface area (Å²) in [4.78, 5) is 14.4. The van der Waals surface area contributed by atoms with Gasteiger partial charge in [-0.2, -0.15) is 0 Å². The van der Waals surface area contributed by atoms with Gasteiger partial charge < -0.3 is 4.90 Å². The van der Waals surface area contributed by atoms with Crippen molar-refractivity contribution < 1.29 is 4.79 Å². The summed E-state index contributed by atoms with van der Waals surface area (Å²) in [7, 11) is 0. The van der Waals surface area contributed by atoms with Gasteiger partial charge in [-0.1, -0.05) is 26.2 Å². The van der Waals surface area contributed by atoms with E-state index in [1.54, 1.807) is 0 Å². The second-order valence-electron chi connectivity index (χ2n) is 5.44. The Morgan fingerprint density at radius 1 is 1.19 bits per heavy atom. The van der Waals surface area contributed by atoms with Crippen molar-refractivity contribution in [2.24, 2.45) is 5.92 Å². The van der Waals surface area contributed by atoms with E-state index >= 15 is 0 Å². The standard InChI is InChI=1S/C14H25NO/c1-2-3-10-14(16)15-11-6-8-12-7-4-5-9-13(12)15/h12-13H,2-11H2,1H3/t12-,13-/m0/s1. The predicted octanol–water partition coefficient (Wildman–Crippen LogP) is 3.36. The van der Waals surface area contributed by atoms with E-state index < -0.39 is 0 Å². The molecule has 2 atom stereocenters. The molecule has 0 bridgehead atoms. The number of hydrogen-bond donors (Lipinski definition) is 0. The lowest BCUT2D eigenvalue weighted by atomic mass is 9.78. The van der Waals surface area contributed by atoms with E-state index in [4.69, 9.17) is 0 Å². The van der Waals surface area contributed by atoms with Gasteiger partial charge in [-0.05, 0) is 38.0 Å². The summed E-state index contributed by atoms with van der Waals surface area (Å²) in [6.07, 6.45) is 10.9. The van der Waals surface area contributed by atoms with Crippen molar-refractivity contribution in [3.05, 3.63) is 0 Å². The van der Waals surface area contributed by atoms with Crippen molar-refractivity contribution >= 4 is 5.91 Å². The van der Waals surface area contributed by atoms with Gasteiger partial charge in [-0.3, -0.25) is 4.79 Å². The van der Waals surface area contributed by atoms with Crippen LogP contribution in [0.1, 0.15) is 64.7 Å². The molecule has 1 saturated heterocycles. The Labute approximate surface area is 99.4 Å². The van der Waals surface area contributed by atoms with Crippen molar-refractivity contribution in [3.8, 4) is 0 Å². The van der Waals surface area contributed by atoms with E-state index in [1.165, 1.54) is 38.5 Å². The number of amides is 1. The van der Waals surface area contributed by atoms with Crippen LogP contribution in [0.4, 0.5) is 0 Å². The molecular formula is C14H25NO. The van der Waals surface area contributed by atoms with E-state index in [9.17, 15) is 4.79 Å². The maximum absolute atomic E-state index is 12.1. The highest BCUT2D eigenvalue weighted by Crippen LogP contribution is 2.35. The summed E-state index contributed by atoms with van der Waals surface area (Å²) in [6, 6.07) is 0.604. The van der Waals surface area contributed by atoms with Crippen molar-refractivity contribution in [1.29, 1.82) is 0 Å².